The number of Topliss-reactive ketones (excluding diaryl/α,β-unsaturated/α-hetero) is 1. The van der Waals surface area contributed by atoms with Crippen molar-refractivity contribution in [3.05, 3.63) is 64.7 Å². The Hall–Kier alpha value is -4.15. The van der Waals surface area contributed by atoms with Gasteiger partial charge in [0.1, 0.15) is 28.9 Å². The molecule has 3 aromatic rings. The number of ketones is 1. The number of hydrogen-bond donors (Lipinski definition) is 6. The van der Waals surface area contributed by atoms with Crippen LogP contribution in [0.15, 0.2) is 42.5 Å². The van der Waals surface area contributed by atoms with Gasteiger partial charge in [-0.05, 0) is 35.4 Å². The molecule has 2 heterocycles. The van der Waals surface area contributed by atoms with Crippen molar-refractivity contribution in [3.8, 4) is 40.2 Å². The molecule has 0 saturated heterocycles. The zero-order valence-electron chi connectivity index (χ0n) is 18.4. The molecular weight excluding hydrogens is 460 g/mol. The van der Waals surface area contributed by atoms with Gasteiger partial charge in [0.15, 0.2) is 35.2 Å². The molecule has 0 radical (unpaired) electrons. The molecule has 2 aliphatic rings. The molecule has 182 valence electrons. The number of aliphatic hydroxyl groups is 2. The number of aliphatic hydroxyl groups excluding tert-OH is 2. The molecule has 2 unspecified atom stereocenters. The number of fused-ring (bicyclic) bond motifs is 2. The minimum Gasteiger partial charge on any atom is -0.508 e. The van der Waals surface area contributed by atoms with Gasteiger partial charge in [-0.3, -0.25) is 4.79 Å². The molecule has 0 bridgehead atoms. The number of carbonyl (C=O) groups is 1. The van der Waals surface area contributed by atoms with Gasteiger partial charge in [0, 0.05) is 17.7 Å². The smallest absolute Gasteiger partial charge is 0.202 e. The van der Waals surface area contributed by atoms with Gasteiger partial charge in [0.25, 0.3) is 0 Å². The first-order valence-electron chi connectivity index (χ1n) is 10.7. The second-order valence-electron chi connectivity index (χ2n) is 8.40. The predicted octanol–water partition coefficient (Wildman–Crippen LogP) is 2.40. The molecule has 35 heavy (non-hydrogen) atoms. The molecule has 2 aliphatic heterocycles. The van der Waals surface area contributed by atoms with Crippen LogP contribution >= 0.6 is 0 Å². The van der Waals surface area contributed by atoms with Crippen LogP contribution < -0.4 is 14.2 Å². The number of ether oxygens (including phenoxy) is 3. The lowest BCUT2D eigenvalue weighted by atomic mass is 9.87. The predicted molar refractivity (Wildman–Crippen MR) is 119 cm³/mol. The molecule has 10 heteroatoms. The van der Waals surface area contributed by atoms with E-state index in [2.05, 4.69) is 0 Å². The number of benzene rings is 3. The Balaban J connectivity index is 1.54. The highest BCUT2D eigenvalue weighted by Crippen LogP contribution is 2.52. The van der Waals surface area contributed by atoms with Gasteiger partial charge in [-0.25, -0.2) is 0 Å². The van der Waals surface area contributed by atoms with Crippen molar-refractivity contribution in [1.29, 1.82) is 0 Å². The molecule has 0 aromatic heterocycles. The van der Waals surface area contributed by atoms with Crippen LogP contribution in [0.3, 0.4) is 0 Å². The van der Waals surface area contributed by atoms with Crippen molar-refractivity contribution in [2.75, 3.05) is 13.7 Å². The van der Waals surface area contributed by atoms with Crippen LogP contribution in [0, 0.1) is 0 Å². The van der Waals surface area contributed by atoms with Gasteiger partial charge >= 0.3 is 0 Å². The summed E-state index contributed by atoms with van der Waals surface area (Å²) in [4.78, 5) is 12.8. The maximum atomic E-state index is 12.8. The molecule has 5 rings (SSSR count). The average Bonchev–Trinajstić information content (AvgIpc) is 3.20. The van der Waals surface area contributed by atoms with Crippen molar-refractivity contribution >= 4 is 5.78 Å². The Morgan fingerprint density at radius 3 is 2.37 bits per heavy atom. The SMILES string of the molecule is COc1cc(C2Oc3c(O)cc([C@@H]4Oc5cc(O)cc(O)c5C(=O)[C@H]4O)cc3C2CO)ccc1O. The molecule has 3 aromatic carbocycles. The van der Waals surface area contributed by atoms with Gasteiger partial charge in [-0.15, -0.1) is 0 Å². The van der Waals surface area contributed by atoms with E-state index in [0.717, 1.165) is 12.1 Å². The highest BCUT2D eigenvalue weighted by atomic mass is 16.5. The van der Waals surface area contributed by atoms with E-state index in [1.165, 1.54) is 19.2 Å². The normalized spacial score (nSPS) is 22.7. The maximum Gasteiger partial charge on any atom is 0.202 e. The number of methoxy groups -OCH3 is 1. The summed E-state index contributed by atoms with van der Waals surface area (Å²) in [5, 5.41) is 61.3. The lowest BCUT2D eigenvalue weighted by molar-refractivity contribution is 0.0209. The van der Waals surface area contributed by atoms with Crippen LogP contribution in [0.1, 0.15) is 45.2 Å². The summed E-state index contributed by atoms with van der Waals surface area (Å²) in [7, 11) is 1.40. The molecule has 0 amide bonds. The summed E-state index contributed by atoms with van der Waals surface area (Å²) >= 11 is 0. The standard InChI is InChI=1S/C25H22O10/c1-33-18-6-10(2-3-15(18)28)23-14(9-26)13-4-11(5-17(30)25(13)35-23)24-22(32)21(31)20-16(29)7-12(27)8-19(20)34-24/h2-8,14,22-24,26-30,32H,9H2,1H3/t14?,22-,23?,24+/m1/s1. The number of hydrogen-bond acceptors (Lipinski definition) is 10. The van der Waals surface area contributed by atoms with Crippen LogP contribution in [-0.2, 0) is 0 Å². The van der Waals surface area contributed by atoms with Gasteiger partial charge in [0.05, 0.1) is 19.6 Å². The van der Waals surface area contributed by atoms with Crippen LogP contribution in [0.25, 0.3) is 0 Å². The van der Waals surface area contributed by atoms with Crippen molar-refractivity contribution in [2.45, 2.75) is 24.2 Å². The fraction of sp³-hybridized carbons (Fsp3) is 0.240. The van der Waals surface area contributed by atoms with Gasteiger partial charge in [0.2, 0.25) is 5.78 Å². The van der Waals surface area contributed by atoms with Crippen LogP contribution in [0.4, 0.5) is 0 Å². The number of rotatable bonds is 4. The van der Waals surface area contributed by atoms with Crippen LogP contribution in [0.2, 0.25) is 0 Å². The monoisotopic (exact) mass is 482 g/mol. The van der Waals surface area contributed by atoms with E-state index in [-0.39, 0.29) is 52.2 Å². The molecule has 0 fully saturated rings. The number of aromatic hydroxyl groups is 4. The third-order valence-electron chi connectivity index (χ3n) is 6.31. The summed E-state index contributed by atoms with van der Waals surface area (Å²) in [5.41, 5.74) is 0.976. The second-order valence-corrected chi connectivity index (χ2v) is 8.40. The molecular formula is C25H22O10. The summed E-state index contributed by atoms with van der Waals surface area (Å²) in [6.07, 6.45) is -3.69. The summed E-state index contributed by atoms with van der Waals surface area (Å²) in [6.45, 7) is -0.360. The quantitative estimate of drug-likeness (QED) is 0.325. The number of carbonyl (C=O) groups excluding carboxylic acids is 1. The molecule has 10 nitrogen and oxygen atoms in total. The maximum absolute atomic E-state index is 12.8. The number of phenolic OH excluding ortho intramolecular Hbond substituents is 4. The minimum atomic E-state index is -1.71. The summed E-state index contributed by atoms with van der Waals surface area (Å²) < 4.78 is 16.9. The minimum absolute atomic E-state index is 0.0668. The van der Waals surface area contributed by atoms with E-state index in [4.69, 9.17) is 14.2 Å². The van der Waals surface area contributed by atoms with E-state index < -0.39 is 35.8 Å². The molecule has 0 spiro atoms. The highest BCUT2D eigenvalue weighted by Gasteiger charge is 2.42. The second kappa shape index (κ2) is 8.26. The number of phenols is 4. The average molecular weight is 482 g/mol. The first-order valence-corrected chi connectivity index (χ1v) is 10.7. The fourth-order valence-electron chi connectivity index (χ4n) is 4.63. The lowest BCUT2D eigenvalue weighted by Gasteiger charge is -2.30. The van der Waals surface area contributed by atoms with Crippen molar-refractivity contribution in [1.82, 2.24) is 0 Å². The highest BCUT2D eigenvalue weighted by molar-refractivity contribution is 6.05. The first kappa shape index (κ1) is 22.6. The summed E-state index contributed by atoms with van der Waals surface area (Å²) in [5.74, 6) is -2.45. The van der Waals surface area contributed by atoms with Crippen LogP contribution in [-0.4, -0.2) is 56.2 Å². The zero-order valence-corrected chi connectivity index (χ0v) is 18.4. The topological polar surface area (TPSA) is 166 Å². The third kappa shape index (κ3) is 3.54. The van der Waals surface area contributed by atoms with E-state index in [1.807, 2.05) is 0 Å². The van der Waals surface area contributed by atoms with E-state index >= 15 is 0 Å². The van der Waals surface area contributed by atoms with Gasteiger partial charge in [-0.2, -0.15) is 0 Å². The Bertz CT molecular complexity index is 1330. The van der Waals surface area contributed by atoms with Gasteiger partial charge in [-0.1, -0.05) is 6.07 Å². The Kier molecular flexibility index (Phi) is 5.34. The van der Waals surface area contributed by atoms with E-state index in [9.17, 15) is 35.4 Å². The molecule has 4 atom stereocenters. The lowest BCUT2D eigenvalue weighted by Crippen LogP contribution is -2.36. The van der Waals surface area contributed by atoms with Crippen molar-refractivity contribution in [3.63, 3.8) is 0 Å². The van der Waals surface area contributed by atoms with Crippen molar-refractivity contribution in [2.24, 2.45) is 0 Å². The molecule has 0 saturated carbocycles. The summed E-state index contributed by atoms with van der Waals surface area (Å²) in [6, 6.07) is 9.56. The van der Waals surface area contributed by atoms with Gasteiger partial charge < -0.3 is 44.8 Å². The van der Waals surface area contributed by atoms with Crippen molar-refractivity contribution < 1.29 is 49.6 Å². The Labute approximate surface area is 198 Å². The molecule has 6 N–H and O–H groups in total. The Morgan fingerprint density at radius 1 is 0.886 bits per heavy atom. The third-order valence-corrected chi connectivity index (χ3v) is 6.31. The van der Waals surface area contributed by atoms with E-state index in [1.54, 1.807) is 18.2 Å². The van der Waals surface area contributed by atoms with Crippen LogP contribution in [0.5, 0.6) is 40.2 Å². The van der Waals surface area contributed by atoms with E-state index in [0.29, 0.717) is 11.1 Å². The zero-order chi connectivity index (χ0) is 25.0. The molecule has 0 aliphatic carbocycles. The Morgan fingerprint density at radius 2 is 1.66 bits per heavy atom. The largest absolute Gasteiger partial charge is 0.508 e. The fourth-order valence-corrected chi connectivity index (χ4v) is 4.63. The first-order chi connectivity index (χ1) is 16.7.